The first-order chi connectivity index (χ1) is 11.4. The molecule has 0 saturated carbocycles. The number of carboxylic acid groups (broad SMARTS) is 1. The molecule has 1 aromatic carbocycles. The number of carbonyl (C=O) groups excluding carboxylic acids is 1. The fourth-order valence-corrected chi connectivity index (χ4v) is 2.54. The van der Waals surface area contributed by atoms with Crippen molar-refractivity contribution in [3.05, 3.63) is 30.1 Å². The highest BCUT2D eigenvalue weighted by atomic mass is 19.1. The average Bonchev–Trinajstić information content (AvgIpc) is 2.96. The minimum absolute atomic E-state index is 0.0940. The van der Waals surface area contributed by atoms with Crippen LogP contribution >= 0.6 is 0 Å². The minimum Gasteiger partial charge on any atom is -0.478 e. The van der Waals surface area contributed by atoms with Crippen LogP contribution in [-0.2, 0) is 14.3 Å². The van der Waals surface area contributed by atoms with Crippen molar-refractivity contribution in [2.45, 2.75) is 50.9 Å². The Balaban J connectivity index is 1.75. The van der Waals surface area contributed by atoms with Gasteiger partial charge in [0.05, 0.1) is 18.8 Å². The summed E-state index contributed by atoms with van der Waals surface area (Å²) < 4.78 is 23.7. The van der Waals surface area contributed by atoms with Gasteiger partial charge in [0, 0.05) is 6.42 Å². The van der Waals surface area contributed by atoms with Crippen molar-refractivity contribution in [2.75, 3.05) is 6.54 Å². The maximum absolute atomic E-state index is 12.8. The van der Waals surface area contributed by atoms with E-state index in [2.05, 4.69) is 5.32 Å². The van der Waals surface area contributed by atoms with Gasteiger partial charge in [-0.05, 0) is 50.5 Å². The number of nitrogens with one attached hydrogen (secondary N) is 1. The van der Waals surface area contributed by atoms with E-state index < -0.39 is 17.9 Å². The van der Waals surface area contributed by atoms with Crippen molar-refractivity contribution in [2.24, 2.45) is 0 Å². The number of carbonyl (C=O) groups is 2. The molecule has 3 atom stereocenters. The van der Waals surface area contributed by atoms with Crippen molar-refractivity contribution >= 4 is 11.9 Å². The monoisotopic (exact) mass is 339 g/mol. The normalized spacial score (nSPS) is 21.2. The van der Waals surface area contributed by atoms with Gasteiger partial charge in [-0.2, -0.15) is 0 Å². The second kappa shape index (κ2) is 8.63. The number of benzene rings is 1. The van der Waals surface area contributed by atoms with E-state index in [1.165, 1.54) is 24.3 Å². The number of aliphatic carboxylic acids is 1. The summed E-state index contributed by atoms with van der Waals surface area (Å²) in [7, 11) is 0. The van der Waals surface area contributed by atoms with Gasteiger partial charge in [-0.25, -0.2) is 9.18 Å². The lowest BCUT2D eigenvalue weighted by Gasteiger charge is -2.16. The third-order valence-corrected chi connectivity index (χ3v) is 3.87. The zero-order chi connectivity index (χ0) is 17.5. The molecule has 0 aromatic heterocycles. The quantitative estimate of drug-likeness (QED) is 0.758. The molecule has 1 aromatic rings. The van der Waals surface area contributed by atoms with Crippen molar-refractivity contribution in [1.29, 1.82) is 0 Å². The van der Waals surface area contributed by atoms with Crippen LogP contribution in [0.4, 0.5) is 4.39 Å². The van der Waals surface area contributed by atoms with Crippen LogP contribution in [0.3, 0.4) is 0 Å². The molecule has 24 heavy (non-hydrogen) atoms. The van der Waals surface area contributed by atoms with Crippen molar-refractivity contribution < 1.29 is 28.6 Å². The molecule has 2 N–H and O–H groups in total. The second-order valence-electron chi connectivity index (χ2n) is 5.89. The number of amides is 1. The predicted octanol–water partition coefficient (Wildman–Crippen LogP) is 2.12. The van der Waals surface area contributed by atoms with Gasteiger partial charge >= 0.3 is 5.97 Å². The van der Waals surface area contributed by atoms with Crippen molar-refractivity contribution in [1.82, 2.24) is 5.32 Å². The SMILES string of the molecule is CC1CCC(CCC(=O)NCC(Oc2ccc(F)cc2)C(=O)O)O1. The molecule has 1 aliphatic rings. The minimum atomic E-state index is -1.23. The summed E-state index contributed by atoms with van der Waals surface area (Å²) in [6.45, 7) is 1.85. The smallest absolute Gasteiger partial charge is 0.346 e. The molecule has 0 bridgehead atoms. The number of hydrogen-bond donors (Lipinski definition) is 2. The fraction of sp³-hybridized carbons (Fsp3) is 0.529. The van der Waals surface area contributed by atoms with Gasteiger partial charge in [0.25, 0.3) is 0 Å². The topological polar surface area (TPSA) is 84.9 Å². The van der Waals surface area contributed by atoms with Crippen LogP contribution in [0, 0.1) is 5.82 Å². The standard InChI is InChI=1S/C17H22FNO5/c1-11-2-5-13(23-11)8-9-16(20)19-10-15(17(21)22)24-14-6-3-12(18)4-7-14/h3-4,6-7,11,13,15H,2,5,8-10H2,1H3,(H,19,20)(H,21,22). The molecular formula is C17H22FNO5. The van der Waals surface area contributed by atoms with E-state index in [1.54, 1.807) is 0 Å². The Labute approximate surface area is 139 Å². The summed E-state index contributed by atoms with van der Waals surface area (Å²) in [6, 6.07) is 5.03. The van der Waals surface area contributed by atoms with Crippen LogP contribution < -0.4 is 10.1 Å². The molecule has 2 rings (SSSR count). The summed E-state index contributed by atoms with van der Waals surface area (Å²) in [5, 5.41) is 11.7. The molecule has 0 radical (unpaired) electrons. The maximum atomic E-state index is 12.8. The molecule has 1 saturated heterocycles. The van der Waals surface area contributed by atoms with E-state index in [0.717, 1.165) is 12.8 Å². The van der Waals surface area contributed by atoms with E-state index >= 15 is 0 Å². The molecule has 1 aliphatic heterocycles. The van der Waals surface area contributed by atoms with Crippen LogP contribution in [0.1, 0.15) is 32.6 Å². The van der Waals surface area contributed by atoms with Crippen LogP contribution in [0.2, 0.25) is 0 Å². The van der Waals surface area contributed by atoms with Gasteiger partial charge in [-0.15, -0.1) is 0 Å². The first-order valence-corrected chi connectivity index (χ1v) is 8.01. The second-order valence-corrected chi connectivity index (χ2v) is 5.89. The van der Waals surface area contributed by atoms with Gasteiger partial charge in [0.2, 0.25) is 12.0 Å². The zero-order valence-corrected chi connectivity index (χ0v) is 13.5. The lowest BCUT2D eigenvalue weighted by atomic mass is 10.1. The van der Waals surface area contributed by atoms with Gasteiger partial charge in [0.15, 0.2) is 0 Å². The van der Waals surface area contributed by atoms with Gasteiger partial charge in [0.1, 0.15) is 11.6 Å². The Morgan fingerprint density at radius 2 is 2.08 bits per heavy atom. The molecule has 7 heteroatoms. The predicted molar refractivity (Wildman–Crippen MR) is 84.3 cm³/mol. The largest absolute Gasteiger partial charge is 0.478 e. The van der Waals surface area contributed by atoms with Gasteiger partial charge < -0.3 is 19.9 Å². The third-order valence-electron chi connectivity index (χ3n) is 3.87. The first kappa shape index (κ1) is 18.2. The molecule has 0 aliphatic carbocycles. The average molecular weight is 339 g/mol. The van der Waals surface area contributed by atoms with Crippen LogP contribution in [-0.4, -0.2) is 41.8 Å². The van der Waals surface area contributed by atoms with Crippen LogP contribution in [0.5, 0.6) is 5.75 Å². The molecule has 1 amide bonds. The Morgan fingerprint density at radius 3 is 2.67 bits per heavy atom. The first-order valence-electron chi connectivity index (χ1n) is 8.01. The molecule has 0 spiro atoms. The highest BCUT2D eigenvalue weighted by Crippen LogP contribution is 2.22. The summed E-state index contributed by atoms with van der Waals surface area (Å²) in [5.41, 5.74) is 0. The Hall–Kier alpha value is -2.15. The van der Waals surface area contributed by atoms with Crippen molar-refractivity contribution in [3.63, 3.8) is 0 Å². The maximum Gasteiger partial charge on any atom is 0.346 e. The fourth-order valence-electron chi connectivity index (χ4n) is 2.54. The van der Waals surface area contributed by atoms with Crippen LogP contribution in [0.25, 0.3) is 0 Å². The Bertz CT molecular complexity index is 563. The molecule has 132 valence electrons. The zero-order valence-electron chi connectivity index (χ0n) is 13.5. The lowest BCUT2D eigenvalue weighted by molar-refractivity contribution is -0.145. The van der Waals surface area contributed by atoms with Crippen LogP contribution in [0.15, 0.2) is 24.3 Å². The highest BCUT2D eigenvalue weighted by molar-refractivity contribution is 5.78. The third kappa shape index (κ3) is 5.81. The Morgan fingerprint density at radius 1 is 1.38 bits per heavy atom. The molecule has 1 fully saturated rings. The van der Waals surface area contributed by atoms with E-state index in [0.29, 0.717) is 6.42 Å². The summed E-state index contributed by atoms with van der Waals surface area (Å²) in [4.78, 5) is 23.1. The number of rotatable bonds is 8. The number of hydrogen-bond acceptors (Lipinski definition) is 4. The van der Waals surface area contributed by atoms with Gasteiger partial charge in [-0.1, -0.05) is 0 Å². The van der Waals surface area contributed by atoms with E-state index in [1.807, 2.05) is 6.92 Å². The van der Waals surface area contributed by atoms with Gasteiger partial charge in [-0.3, -0.25) is 4.79 Å². The van der Waals surface area contributed by atoms with E-state index in [-0.39, 0.29) is 36.8 Å². The molecule has 3 unspecified atom stereocenters. The number of carboxylic acids is 1. The summed E-state index contributed by atoms with van der Waals surface area (Å²) in [6.07, 6.45) is 1.93. The summed E-state index contributed by atoms with van der Waals surface area (Å²) in [5.74, 6) is -1.66. The highest BCUT2D eigenvalue weighted by Gasteiger charge is 2.23. The van der Waals surface area contributed by atoms with Crippen molar-refractivity contribution in [3.8, 4) is 5.75 Å². The number of ether oxygens (including phenoxy) is 2. The molecule has 6 nitrogen and oxygen atoms in total. The lowest BCUT2D eigenvalue weighted by Crippen LogP contribution is -2.40. The van der Waals surface area contributed by atoms with E-state index in [9.17, 15) is 14.0 Å². The Kier molecular flexibility index (Phi) is 6.54. The number of halogens is 1. The van der Waals surface area contributed by atoms with E-state index in [4.69, 9.17) is 14.6 Å². The molecule has 1 heterocycles. The molecular weight excluding hydrogens is 317 g/mol. The summed E-state index contributed by atoms with van der Waals surface area (Å²) >= 11 is 0.